The number of nitrogens with zero attached hydrogens (tertiary/aromatic N) is 3. The fourth-order valence-corrected chi connectivity index (χ4v) is 1.68. The molecule has 0 atom stereocenters. The van der Waals surface area contributed by atoms with Crippen LogP contribution >= 0.6 is 15.9 Å². The van der Waals surface area contributed by atoms with Gasteiger partial charge in [-0.25, -0.2) is 4.39 Å². The molecule has 0 bridgehead atoms. The number of hydrogen-bond acceptors (Lipinski definition) is 3. The van der Waals surface area contributed by atoms with E-state index in [1.54, 1.807) is 7.05 Å². The maximum Gasteiger partial charge on any atom is 0.277 e. The summed E-state index contributed by atoms with van der Waals surface area (Å²) in [6.45, 7) is 0. The molecule has 0 unspecified atom stereocenters. The maximum absolute atomic E-state index is 12.8. The number of amides is 1. The Hall–Kier alpha value is -1.76. The van der Waals surface area contributed by atoms with Crippen LogP contribution in [-0.4, -0.2) is 20.9 Å². The monoisotopic (exact) mass is 298 g/mol. The molecule has 0 saturated carbocycles. The molecule has 2 rings (SSSR count). The largest absolute Gasteiger partial charge is 0.319 e. The van der Waals surface area contributed by atoms with E-state index in [9.17, 15) is 9.18 Å². The molecule has 0 aliphatic heterocycles. The number of aromatic nitrogens is 3. The Morgan fingerprint density at radius 2 is 2.29 bits per heavy atom. The van der Waals surface area contributed by atoms with Crippen LogP contribution in [0.5, 0.6) is 0 Å². The molecule has 2 aromatic rings. The third-order valence-electron chi connectivity index (χ3n) is 2.01. The van der Waals surface area contributed by atoms with Crippen LogP contribution < -0.4 is 5.32 Å². The molecule has 0 aliphatic carbocycles. The second-order valence-corrected chi connectivity index (χ2v) is 4.21. The van der Waals surface area contributed by atoms with Gasteiger partial charge in [-0.3, -0.25) is 9.48 Å². The summed E-state index contributed by atoms with van der Waals surface area (Å²) in [4.78, 5) is 11.7. The van der Waals surface area contributed by atoms with Gasteiger partial charge >= 0.3 is 0 Å². The predicted molar refractivity (Wildman–Crippen MR) is 63.1 cm³/mol. The average Bonchev–Trinajstić information content (AvgIpc) is 2.69. The zero-order chi connectivity index (χ0) is 12.4. The van der Waals surface area contributed by atoms with Crippen molar-refractivity contribution < 1.29 is 9.18 Å². The number of carbonyl (C=O) groups excluding carboxylic acids is 1. The molecule has 17 heavy (non-hydrogen) atoms. The van der Waals surface area contributed by atoms with Crippen molar-refractivity contribution in [1.82, 2.24) is 15.0 Å². The van der Waals surface area contributed by atoms with Crippen molar-refractivity contribution in [3.05, 3.63) is 40.4 Å². The summed E-state index contributed by atoms with van der Waals surface area (Å²) in [5.74, 6) is -0.778. The first-order valence-corrected chi connectivity index (χ1v) is 5.48. The van der Waals surface area contributed by atoms with Crippen LogP contribution in [0, 0.1) is 5.82 Å². The Balaban J connectivity index is 2.18. The molecular formula is C10H8BrFN4O. The van der Waals surface area contributed by atoms with Crippen molar-refractivity contribution in [3.8, 4) is 0 Å². The van der Waals surface area contributed by atoms with Crippen LogP contribution in [0.3, 0.4) is 0 Å². The van der Waals surface area contributed by atoms with Crippen molar-refractivity contribution >= 4 is 27.5 Å². The topological polar surface area (TPSA) is 59.8 Å². The minimum Gasteiger partial charge on any atom is -0.319 e. The second kappa shape index (κ2) is 4.62. The van der Waals surface area contributed by atoms with E-state index in [0.717, 1.165) is 0 Å². The van der Waals surface area contributed by atoms with E-state index in [1.165, 1.54) is 29.1 Å². The number of aryl methyl sites for hydroxylation is 1. The third kappa shape index (κ3) is 2.68. The summed E-state index contributed by atoms with van der Waals surface area (Å²) < 4.78 is 14.7. The van der Waals surface area contributed by atoms with Gasteiger partial charge in [0.2, 0.25) is 0 Å². The number of rotatable bonds is 2. The van der Waals surface area contributed by atoms with Gasteiger partial charge in [-0.15, -0.1) is 5.10 Å². The molecule has 0 aliphatic rings. The lowest BCUT2D eigenvalue weighted by molar-refractivity contribution is 0.102. The second-order valence-electron chi connectivity index (χ2n) is 3.36. The molecule has 1 heterocycles. The van der Waals surface area contributed by atoms with Crippen LogP contribution in [0.4, 0.5) is 10.1 Å². The average molecular weight is 299 g/mol. The Labute approximate surface area is 105 Å². The molecule has 0 saturated heterocycles. The van der Waals surface area contributed by atoms with E-state index >= 15 is 0 Å². The molecule has 1 aromatic heterocycles. The van der Waals surface area contributed by atoms with Gasteiger partial charge in [0.15, 0.2) is 5.69 Å². The summed E-state index contributed by atoms with van der Waals surface area (Å²) in [6.07, 6.45) is 1.49. The molecule has 88 valence electrons. The molecule has 1 amide bonds. The standard InChI is InChI=1S/C10H8BrFN4O/c1-16-5-9(14-15-16)10(17)13-8-3-2-6(12)4-7(8)11/h2-5H,1H3,(H,13,17). The van der Waals surface area contributed by atoms with Gasteiger partial charge < -0.3 is 5.32 Å². The van der Waals surface area contributed by atoms with Crippen molar-refractivity contribution in [2.75, 3.05) is 5.32 Å². The van der Waals surface area contributed by atoms with E-state index in [1.807, 2.05) is 0 Å². The van der Waals surface area contributed by atoms with E-state index in [2.05, 4.69) is 31.6 Å². The van der Waals surface area contributed by atoms with E-state index < -0.39 is 5.91 Å². The molecule has 1 aromatic carbocycles. The highest BCUT2D eigenvalue weighted by molar-refractivity contribution is 9.10. The van der Waals surface area contributed by atoms with Gasteiger partial charge in [-0.1, -0.05) is 5.21 Å². The van der Waals surface area contributed by atoms with Gasteiger partial charge in [0, 0.05) is 11.5 Å². The number of carbonyl (C=O) groups is 1. The predicted octanol–water partition coefficient (Wildman–Crippen LogP) is 1.97. The van der Waals surface area contributed by atoms with Crippen LogP contribution in [0.2, 0.25) is 0 Å². The lowest BCUT2D eigenvalue weighted by Gasteiger charge is -2.05. The molecule has 0 spiro atoms. The normalized spacial score (nSPS) is 10.3. The van der Waals surface area contributed by atoms with Gasteiger partial charge in [-0.2, -0.15) is 0 Å². The Kier molecular flexibility index (Phi) is 3.19. The molecule has 0 fully saturated rings. The van der Waals surface area contributed by atoms with Crippen molar-refractivity contribution in [3.63, 3.8) is 0 Å². The summed E-state index contributed by atoms with van der Waals surface area (Å²) in [6, 6.07) is 4.00. The minimum atomic E-state index is -0.398. The Bertz CT molecular complexity index is 569. The van der Waals surface area contributed by atoms with Crippen molar-refractivity contribution in [1.29, 1.82) is 0 Å². The fourth-order valence-electron chi connectivity index (χ4n) is 1.23. The first-order valence-electron chi connectivity index (χ1n) is 4.69. The first kappa shape index (κ1) is 11.7. The smallest absolute Gasteiger partial charge is 0.277 e. The number of halogens is 2. The zero-order valence-electron chi connectivity index (χ0n) is 8.82. The first-order chi connectivity index (χ1) is 8.06. The van der Waals surface area contributed by atoms with Crippen LogP contribution in [-0.2, 0) is 7.05 Å². The fraction of sp³-hybridized carbons (Fsp3) is 0.100. The summed E-state index contributed by atoms with van der Waals surface area (Å²) in [5, 5.41) is 9.92. The lowest BCUT2D eigenvalue weighted by Crippen LogP contribution is -2.12. The third-order valence-corrected chi connectivity index (χ3v) is 2.67. The molecular weight excluding hydrogens is 291 g/mol. The zero-order valence-corrected chi connectivity index (χ0v) is 10.4. The number of benzene rings is 1. The molecule has 0 radical (unpaired) electrons. The van der Waals surface area contributed by atoms with Crippen LogP contribution in [0.1, 0.15) is 10.5 Å². The highest BCUT2D eigenvalue weighted by Gasteiger charge is 2.11. The van der Waals surface area contributed by atoms with Gasteiger partial charge in [0.05, 0.1) is 11.9 Å². The highest BCUT2D eigenvalue weighted by atomic mass is 79.9. The molecule has 7 heteroatoms. The Morgan fingerprint density at radius 3 is 2.88 bits per heavy atom. The van der Waals surface area contributed by atoms with Gasteiger partial charge in [-0.05, 0) is 34.1 Å². The number of anilines is 1. The van der Waals surface area contributed by atoms with Crippen LogP contribution in [0.15, 0.2) is 28.9 Å². The summed E-state index contributed by atoms with van der Waals surface area (Å²) in [5.41, 5.74) is 0.672. The van der Waals surface area contributed by atoms with Crippen molar-refractivity contribution in [2.24, 2.45) is 7.05 Å². The Morgan fingerprint density at radius 1 is 1.53 bits per heavy atom. The quantitative estimate of drug-likeness (QED) is 0.922. The molecule has 5 nitrogen and oxygen atoms in total. The van der Waals surface area contributed by atoms with E-state index in [-0.39, 0.29) is 11.5 Å². The minimum absolute atomic E-state index is 0.198. The SMILES string of the molecule is Cn1cc(C(=O)Nc2ccc(F)cc2Br)nn1. The maximum atomic E-state index is 12.8. The van der Waals surface area contributed by atoms with E-state index in [0.29, 0.717) is 10.2 Å². The van der Waals surface area contributed by atoms with Crippen molar-refractivity contribution in [2.45, 2.75) is 0 Å². The van der Waals surface area contributed by atoms with Gasteiger partial charge in [0.1, 0.15) is 5.82 Å². The highest BCUT2D eigenvalue weighted by Crippen LogP contribution is 2.23. The number of nitrogens with one attached hydrogen (secondary N) is 1. The summed E-state index contributed by atoms with van der Waals surface area (Å²) >= 11 is 3.16. The number of hydrogen-bond donors (Lipinski definition) is 1. The van der Waals surface area contributed by atoms with Crippen LogP contribution in [0.25, 0.3) is 0 Å². The lowest BCUT2D eigenvalue weighted by atomic mass is 10.3. The molecule has 1 N–H and O–H groups in total. The van der Waals surface area contributed by atoms with Gasteiger partial charge in [0.25, 0.3) is 5.91 Å². The van der Waals surface area contributed by atoms with E-state index in [4.69, 9.17) is 0 Å². The summed E-state index contributed by atoms with van der Waals surface area (Å²) in [7, 11) is 1.66.